The second-order valence-corrected chi connectivity index (χ2v) is 4.70. The van der Waals surface area contributed by atoms with E-state index in [1.807, 2.05) is 12.1 Å². The predicted molar refractivity (Wildman–Crippen MR) is 64.4 cm³/mol. The summed E-state index contributed by atoms with van der Waals surface area (Å²) in [6, 6.07) is 5.65. The van der Waals surface area contributed by atoms with E-state index >= 15 is 0 Å². The zero-order chi connectivity index (χ0) is 11.5. The lowest BCUT2D eigenvalue weighted by Crippen LogP contribution is -2.15. The molecule has 0 amide bonds. The monoisotopic (exact) mass is 208 g/mol. The number of hydrogen-bond donors (Lipinski definition) is 3. The van der Waals surface area contributed by atoms with Crippen molar-refractivity contribution in [2.75, 3.05) is 18.4 Å². The van der Waals surface area contributed by atoms with Crippen LogP contribution in [-0.4, -0.2) is 18.2 Å². The molecule has 15 heavy (non-hydrogen) atoms. The minimum atomic E-state index is 0.0901. The first kappa shape index (κ1) is 11.9. The van der Waals surface area contributed by atoms with E-state index < -0.39 is 0 Å². The van der Waals surface area contributed by atoms with E-state index in [1.54, 1.807) is 6.07 Å². The molecule has 0 aromatic heterocycles. The Morgan fingerprint density at radius 2 is 2.00 bits per heavy atom. The fourth-order valence-corrected chi connectivity index (χ4v) is 1.35. The molecular formula is C12H20N2O. The van der Waals surface area contributed by atoms with Gasteiger partial charge in [0.15, 0.2) is 0 Å². The van der Waals surface area contributed by atoms with Gasteiger partial charge in [0.25, 0.3) is 0 Å². The number of anilines is 1. The number of benzene rings is 1. The number of nitrogens with two attached hydrogens (primary N) is 1. The lowest BCUT2D eigenvalue weighted by atomic mass is 9.87. The van der Waals surface area contributed by atoms with E-state index in [9.17, 15) is 5.11 Å². The topological polar surface area (TPSA) is 58.3 Å². The number of rotatable bonds is 3. The van der Waals surface area contributed by atoms with Crippen LogP contribution in [0, 0.1) is 0 Å². The van der Waals surface area contributed by atoms with Crippen molar-refractivity contribution >= 4 is 5.69 Å². The molecular weight excluding hydrogens is 188 g/mol. The van der Waals surface area contributed by atoms with Crippen molar-refractivity contribution in [3.05, 3.63) is 23.8 Å². The van der Waals surface area contributed by atoms with Crippen LogP contribution in [0.2, 0.25) is 0 Å². The summed E-state index contributed by atoms with van der Waals surface area (Å²) >= 11 is 0. The highest BCUT2D eigenvalue weighted by molar-refractivity contribution is 5.58. The molecule has 1 aromatic rings. The van der Waals surface area contributed by atoms with Gasteiger partial charge in [-0.05, 0) is 23.1 Å². The van der Waals surface area contributed by atoms with Crippen LogP contribution in [0.15, 0.2) is 18.2 Å². The fourth-order valence-electron chi connectivity index (χ4n) is 1.35. The highest BCUT2D eigenvalue weighted by atomic mass is 16.3. The molecule has 0 heterocycles. The van der Waals surface area contributed by atoms with Crippen molar-refractivity contribution in [1.29, 1.82) is 0 Å². The van der Waals surface area contributed by atoms with Crippen molar-refractivity contribution < 1.29 is 5.11 Å². The Kier molecular flexibility index (Phi) is 3.58. The van der Waals surface area contributed by atoms with Crippen molar-refractivity contribution in [2.24, 2.45) is 5.73 Å². The Morgan fingerprint density at radius 1 is 1.33 bits per heavy atom. The van der Waals surface area contributed by atoms with Gasteiger partial charge in [0.1, 0.15) is 5.75 Å². The summed E-state index contributed by atoms with van der Waals surface area (Å²) in [5, 5.41) is 12.7. The van der Waals surface area contributed by atoms with Crippen LogP contribution < -0.4 is 11.1 Å². The molecule has 3 heteroatoms. The molecule has 0 fully saturated rings. The molecule has 0 saturated carbocycles. The Morgan fingerprint density at radius 3 is 2.53 bits per heavy atom. The molecule has 0 aliphatic heterocycles. The second-order valence-electron chi connectivity index (χ2n) is 4.70. The zero-order valence-corrected chi connectivity index (χ0v) is 9.67. The average Bonchev–Trinajstić information content (AvgIpc) is 2.15. The van der Waals surface area contributed by atoms with Crippen LogP contribution in [0.5, 0.6) is 5.75 Å². The number of nitrogens with one attached hydrogen (secondary N) is 1. The van der Waals surface area contributed by atoms with Gasteiger partial charge in [-0.3, -0.25) is 0 Å². The molecule has 0 radical (unpaired) electrons. The molecule has 0 unspecified atom stereocenters. The van der Waals surface area contributed by atoms with Crippen molar-refractivity contribution in [3.8, 4) is 5.75 Å². The maximum atomic E-state index is 9.62. The van der Waals surface area contributed by atoms with Crippen LogP contribution in [0.25, 0.3) is 0 Å². The van der Waals surface area contributed by atoms with Crippen LogP contribution in [-0.2, 0) is 5.41 Å². The lowest BCUT2D eigenvalue weighted by Gasteiger charge is -2.20. The van der Waals surface area contributed by atoms with E-state index in [2.05, 4.69) is 26.1 Å². The quantitative estimate of drug-likeness (QED) is 0.666. The summed E-state index contributed by atoms with van der Waals surface area (Å²) in [4.78, 5) is 0. The SMILES string of the molecule is CC(C)(C)c1ccc(O)c(NCCN)c1. The van der Waals surface area contributed by atoms with E-state index in [4.69, 9.17) is 5.73 Å². The minimum Gasteiger partial charge on any atom is -0.506 e. The molecule has 0 aliphatic rings. The van der Waals surface area contributed by atoms with Gasteiger partial charge in [-0.15, -0.1) is 0 Å². The first-order valence-electron chi connectivity index (χ1n) is 5.22. The molecule has 1 aromatic carbocycles. The van der Waals surface area contributed by atoms with Gasteiger partial charge in [0.2, 0.25) is 0 Å². The third-order valence-electron chi connectivity index (χ3n) is 2.32. The standard InChI is InChI=1S/C12H20N2O/c1-12(2,3)9-4-5-11(15)10(8-9)14-7-6-13/h4-5,8,14-15H,6-7,13H2,1-3H3. The number of phenols is 1. The fraction of sp³-hybridized carbons (Fsp3) is 0.500. The van der Waals surface area contributed by atoms with Crippen molar-refractivity contribution in [3.63, 3.8) is 0 Å². The highest BCUT2D eigenvalue weighted by Crippen LogP contribution is 2.30. The summed E-state index contributed by atoms with van der Waals surface area (Å²) in [6.07, 6.45) is 0. The second kappa shape index (κ2) is 4.53. The van der Waals surface area contributed by atoms with Crippen LogP contribution >= 0.6 is 0 Å². The van der Waals surface area contributed by atoms with Gasteiger partial charge in [0.05, 0.1) is 5.69 Å². The Balaban J connectivity index is 2.95. The molecule has 0 aliphatic carbocycles. The van der Waals surface area contributed by atoms with Gasteiger partial charge in [-0.25, -0.2) is 0 Å². The van der Waals surface area contributed by atoms with Gasteiger partial charge < -0.3 is 16.2 Å². The normalized spacial score (nSPS) is 11.5. The molecule has 0 bridgehead atoms. The van der Waals surface area contributed by atoms with Crippen LogP contribution in [0.3, 0.4) is 0 Å². The van der Waals surface area contributed by atoms with Gasteiger partial charge >= 0.3 is 0 Å². The van der Waals surface area contributed by atoms with Crippen LogP contribution in [0.1, 0.15) is 26.3 Å². The third-order valence-corrected chi connectivity index (χ3v) is 2.32. The summed E-state index contributed by atoms with van der Waals surface area (Å²) in [6.45, 7) is 7.66. The number of aromatic hydroxyl groups is 1. The van der Waals surface area contributed by atoms with E-state index in [1.165, 1.54) is 5.56 Å². The Labute approximate surface area is 91.3 Å². The Bertz CT molecular complexity index is 329. The van der Waals surface area contributed by atoms with E-state index in [-0.39, 0.29) is 11.2 Å². The summed E-state index contributed by atoms with van der Waals surface area (Å²) in [5.41, 5.74) is 7.45. The Hall–Kier alpha value is -1.22. The zero-order valence-electron chi connectivity index (χ0n) is 9.67. The smallest absolute Gasteiger partial charge is 0.138 e. The largest absolute Gasteiger partial charge is 0.506 e. The highest BCUT2D eigenvalue weighted by Gasteiger charge is 2.15. The third kappa shape index (κ3) is 3.13. The van der Waals surface area contributed by atoms with E-state index in [0.717, 1.165) is 5.69 Å². The molecule has 0 atom stereocenters. The molecule has 1 rings (SSSR count). The van der Waals surface area contributed by atoms with Gasteiger partial charge in [-0.1, -0.05) is 26.8 Å². The molecule has 4 N–H and O–H groups in total. The average molecular weight is 208 g/mol. The van der Waals surface area contributed by atoms with Crippen molar-refractivity contribution in [1.82, 2.24) is 0 Å². The summed E-state index contributed by atoms with van der Waals surface area (Å²) < 4.78 is 0. The number of phenolic OH excluding ortho intramolecular Hbond substituents is 1. The molecule has 84 valence electrons. The molecule has 0 saturated heterocycles. The molecule has 0 spiro atoms. The van der Waals surface area contributed by atoms with Gasteiger partial charge in [0, 0.05) is 13.1 Å². The summed E-state index contributed by atoms with van der Waals surface area (Å²) in [5.74, 6) is 0.274. The first-order valence-corrected chi connectivity index (χ1v) is 5.22. The first-order chi connectivity index (χ1) is 6.95. The predicted octanol–water partition coefficient (Wildman–Crippen LogP) is 2.06. The maximum absolute atomic E-state index is 9.62. The lowest BCUT2D eigenvalue weighted by molar-refractivity contribution is 0.476. The molecule has 3 nitrogen and oxygen atoms in total. The van der Waals surface area contributed by atoms with E-state index in [0.29, 0.717) is 13.1 Å². The van der Waals surface area contributed by atoms with Crippen molar-refractivity contribution in [2.45, 2.75) is 26.2 Å². The van der Waals surface area contributed by atoms with Crippen LogP contribution in [0.4, 0.5) is 5.69 Å². The number of hydrogen-bond acceptors (Lipinski definition) is 3. The minimum absolute atomic E-state index is 0.0901. The maximum Gasteiger partial charge on any atom is 0.138 e. The van der Waals surface area contributed by atoms with Gasteiger partial charge in [-0.2, -0.15) is 0 Å². The summed E-state index contributed by atoms with van der Waals surface area (Å²) in [7, 11) is 0.